The molecule has 0 N–H and O–H groups in total. The van der Waals surface area contributed by atoms with Gasteiger partial charge in [-0.05, 0) is 39.3 Å². The summed E-state index contributed by atoms with van der Waals surface area (Å²) >= 11 is 0. The minimum Gasteiger partial charge on any atom is -0.385 e. The smallest absolute Gasteiger partial charge is 0.385 e. The molecule has 0 aromatic rings. The summed E-state index contributed by atoms with van der Waals surface area (Å²) in [7, 11) is -0.865. The Balaban J connectivity index is 4.31. The molecule has 0 aromatic carbocycles. The highest BCUT2D eigenvalue weighted by Crippen LogP contribution is 2.12. The minimum absolute atomic E-state index is 0.606. The third-order valence-electron chi connectivity index (χ3n) is 2.08. The van der Waals surface area contributed by atoms with Crippen LogP contribution in [0.25, 0.3) is 0 Å². The largest absolute Gasteiger partial charge is 0.529 e. The van der Waals surface area contributed by atoms with Gasteiger partial charge in [0.15, 0.2) is 0 Å². The maximum Gasteiger partial charge on any atom is 0.529 e. The van der Waals surface area contributed by atoms with Crippen LogP contribution in [-0.4, -0.2) is 42.3 Å². The van der Waals surface area contributed by atoms with Gasteiger partial charge in [-0.3, -0.25) is 0 Å². The molecule has 17 heavy (non-hydrogen) atoms. The number of unbranched alkanes of at least 4 members (excludes halogenated alkanes) is 1. The monoisotopic (exact) mass is 262 g/mol. The fraction of sp³-hybridized carbons (Fsp3) is 0.833. The van der Waals surface area contributed by atoms with Crippen molar-refractivity contribution in [1.82, 2.24) is 0 Å². The highest BCUT2D eigenvalue weighted by atomic mass is 28.4. The molecule has 0 unspecified atom stereocenters. The molecule has 0 rings (SSSR count). The summed E-state index contributed by atoms with van der Waals surface area (Å²) in [5, 5.41) is 0. The minimum atomic E-state index is -2.58. The molecule has 102 valence electrons. The van der Waals surface area contributed by atoms with Gasteiger partial charge in [-0.25, -0.2) is 0 Å². The molecular formula is C12H26O4Si. The Kier molecular flexibility index (Phi) is 10.8. The predicted molar refractivity (Wildman–Crippen MR) is 70.9 cm³/mol. The SMILES string of the molecule is CCO[Si](C=CCCCOC)(OCC)OCC. The van der Waals surface area contributed by atoms with E-state index in [2.05, 4.69) is 6.08 Å². The van der Waals surface area contributed by atoms with E-state index in [0.717, 1.165) is 19.4 Å². The topological polar surface area (TPSA) is 36.9 Å². The zero-order valence-electron chi connectivity index (χ0n) is 11.5. The van der Waals surface area contributed by atoms with Crippen molar-refractivity contribution in [3.8, 4) is 0 Å². The van der Waals surface area contributed by atoms with E-state index in [4.69, 9.17) is 18.0 Å². The number of rotatable bonds is 11. The quantitative estimate of drug-likeness (QED) is 0.423. The third kappa shape index (κ3) is 7.67. The van der Waals surface area contributed by atoms with Crippen LogP contribution in [0.5, 0.6) is 0 Å². The summed E-state index contributed by atoms with van der Waals surface area (Å²) in [5.41, 5.74) is 1.99. The Hall–Kier alpha value is -0.203. The lowest BCUT2D eigenvalue weighted by Crippen LogP contribution is -2.44. The first-order valence-corrected chi connectivity index (χ1v) is 8.13. The van der Waals surface area contributed by atoms with Crippen molar-refractivity contribution in [2.45, 2.75) is 33.6 Å². The van der Waals surface area contributed by atoms with Gasteiger partial charge in [0, 0.05) is 33.5 Å². The van der Waals surface area contributed by atoms with Crippen molar-refractivity contribution in [2.75, 3.05) is 33.5 Å². The lowest BCUT2D eigenvalue weighted by atomic mass is 10.3. The molecule has 5 heteroatoms. The van der Waals surface area contributed by atoms with Gasteiger partial charge < -0.3 is 18.0 Å². The molecule has 0 aliphatic rings. The van der Waals surface area contributed by atoms with Gasteiger partial charge in [0.05, 0.1) is 0 Å². The van der Waals surface area contributed by atoms with Crippen LogP contribution in [-0.2, 0) is 18.0 Å². The Morgan fingerprint density at radius 2 is 1.47 bits per heavy atom. The van der Waals surface area contributed by atoms with Gasteiger partial charge in [-0.15, -0.1) is 0 Å². The molecule has 0 aliphatic carbocycles. The van der Waals surface area contributed by atoms with Crippen molar-refractivity contribution in [3.63, 3.8) is 0 Å². The summed E-state index contributed by atoms with van der Waals surface area (Å²) in [6.45, 7) is 8.46. The van der Waals surface area contributed by atoms with E-state index < -0.39 is 8.80 Å². The van der Waals surface area contributed by atoms with Crippen LogP contribution in [0.3, 0.4) is 0 Å². The van der Waals surface area contributed by atoms with Crippen LogP contribution in [0.1, 0.15) is 33.6 Å². The summed E-state index contributed by atoms with van der Waals surface area (Å²) in [4.78, 5) is 0. The van der Waals surface area contributed by atoms with Crippen LogP contribution < -0.4 is 0 Å². The maximum atomic E-state index is 5.69. The molecule has 0 radical (unpaired) electrons. The van der Waals surface area contributed by atoms with Gasteiger partial charge in [-0.1, -0.05) is 6.08 Å². The zero-order valence-corrected chi connectivity index (χ0v) is 12.5. The summed E-state index contributed by atoms with van der Waals surface area (Å²) < 4.78 is 22.1. The second-order valence-corrected chi connectivity index (χ2v) is 5.85. The molecule has 0 atom stereocenters. The molecule has 0 aromatic heterocycles. The van der Waals surface area contributed by atoms with Crippen molar-refractivity contribution in [3.05, 3.63) is 11.8 Å². The van der Waals surface area contributed by atoms with Crippen molar-refractivity contribution >= 4 is 8.80 Å². The number of ether oxygens (including phenoxy) is 1. The fourth-order valence-electron chi connectivity index (χ4n) is 1.45. The molecule has 0 amide bonds. The molecule has 0 heterocycles. The van der Waals surface area contributed by atoms with Gasteiger partial charge in [-0.2, -0.15) is 0 Å². The first kappa shape index (κ1) is 16.8. The highest BCUT2D eigenvalue weighted by Gasteiger charge is 2.37. The second kappa shape index (κ2) is 10.9. The van der Waals surface area contributed by atoms with E-state index in [1.54, 1.807) is 7.11 Å². The predicted octanol–water partition coefficient (Wildman–Crippen LogP) is 2.56. The van der Waals surface area contributed by atoms with Crippen molar-refractivity contribution < 1.29 is 18.0 Å². The van der Waals surface area contributed by atoms with Gasteiger partial charge in [0.2, 0.25) is 0 Å². The number of hydrogen-bond acceptors (Lipinski definition) is 4. The summed E-state index contributed by atoms with van der Waals surface area (Å²) in [5.74, 6) is 0. The first-order valence-electron chi connectivity index (χ1n) is 6.33. The van der Waals surface area contributed by atoms with Crippen molar-refractivity contribution in [1.29, 1.82) is 0 Å². The normalized spacial score (nSPS) is 12.5. The second-order valence-electron chi connectivity index (χ2n) is 3.44. The lowest BCUT2D eigenvalue weighted by molar-refractivity contribution is 0.0842. The molecule has 0 saturated heterocycles. The van der Waals surface area contributed by atoms with Gasteiger partial charge >= 0.3 is 8.80 Å². The maximum absolute atomic E-state index is 5.69. The van der Waals surface area contributed by atoms with E-state index in [1.807, 2.05) is 26.5 Å². The average molecular weight is 262 g/mol. The Labute approximate surface area is 106 Å². The van der Waals surface area contributed by atoms with E-state index in [-0.39, 0.29) is 0 Å². The molecule has 0 fully saturated rings. The van der Waals surface area contributed by atoms with Crippen LogP contribution >= 0.6 is 0 Å². The third-order valence-corrected chi connectivity index (χ3v) is 4.79. The number of methoxy groups -OCH3 is 1. The molecular weight excluding hydrogens is 236 g/mol. The number of hydrogen-bond donors (Lipinski definition) is 0. The summed E-state index contributed by atoms with van der Waals surface area (Å²) in [6, 6.07) is 0. The molecule has 0 bridgehead atoms. The van der Waals surface area contributed by atoms with Crippen LogP contribution in [0, 0.1) is 0 Å². The summed E-state index contributed by atoms with van der Waals surface area (Å²) in [6.07, 6.45) is 4.03. The van der Waals surface area contributed by atoms with E-state index in [1.165, 1.54) is 0 Å². The Morgan fingerprint density at radius 1 is 0.941 bits per heavy atom. The van der Waals surface area contributed by atoms with Crippen LogP contribution in [0.2, 0.25) is 0 Å². The Bertz CT molecular complexity index is 180. The lowest BCUT2D eigenvalue weighted by Gasteiger charge is -2.25. The van der Waals surface area contributed by atoms with Crippen LogP contribution in [0.4, 0.5) is 0 Å². The van der Waals surface area contributed by atoms with Gasteiger partial charge in [0.1, 0.15) is 0 Å². The standard InChI is InChI=1S/C12H26O4Si/c1-5-14-17(15-6-2,16-7-3)12-10-8-9-11-13-4/h10,12H,5-9,11H2,1-4H3. The van der Waals surface area contributed by atoms with Gasteiger partial charge in [0.25, 0.3) is 0 Å². The molecule has 0 saturated carbocycles. The molecule has 4 nitrogen and oxygen atoms in total. The van der Waals surface area contributed by atoms with Crippen LogP contribution in [0.15, 0.2) is 11.8 Å². The first-order chi connectivity index (χ1) is 8.24. The Morgan fingerprint density at radius 3 is 1.88 bits per heavy atom. The fourth-order valence-corrected chi connectivity index (χ4v) is 3.65. The molecule has 0 spiro atoms. The highest BCUT2D eigenvalue weighted by molar-refractivity contribution is 6.66. The van der Waals surface area contributed by atoms with Crippen molar-refractivity contribution in [2.24, 2.45) is 0 Å². The molecule has 0 aliphatic heterocycles. The number of allylic oxidation sites excluding steroid dienone is 1. The van der Waals surface area contributed by atoms with E-state index in [9.17, 15) is 0 Å². The average Bonchev–Trinajstić information content (AvgIpc) is 2.30. The zero-order chi connectivity index (χ0) is 13.0. The van der Waals surface area contributed by atoms with E-state index >= 15 is 0 Å². The van der Waals surface area contributed by atoms with E-state index in [0.29, 0.717) is 19.8 Å².